The van der Waals surface area contributed by atoms with Crippen LogP contribution in [0.5, 0.6) is 5.75 Å². The Morgan fingerprint density at radius 1 is 1.43 bits per heavy atom. The molecule has 23 heavy (non-hydrogen) atoms. The molecule has 1 saturated heterocycles. The molecule has 1 aliphatic rings. The van der Waals surface area contributed by atoms with Gasteiger partial charge in [0.15, 0.2) is 0 Å². The third-order valence-electron chi connectivity index (χ3n) is 3.89. The molecule has 1 aromatic heterocycles. The second kappa shape index (κ2) is 7.12. The quantitative estimate of drug-likeness (QED) is 0.871. The predicted molar refractivity (Wildman–Crippen MR) is 86.3 cm³/mol. The smallest absolute Gasteiger partial charge is 0.134 e. The highest BCUT2D eigenvalue weighted by Gasteiger charge is 2.33. The molecule has 0 radical (unpaired) electrons. The van der Waals surface area contributed by atoms with Crippen molar-refractivity contribution < 1.29 is 14.6 Å². The first-order valence-electron chi connectivity index (χ1n) is 7.83. The number of β-amino-alcohol motifs (C(OH)–C–C–N with tert-alkyl or cyclic N) is 1. The van der Waals surface area contributed by atoms with Crippen molar-refractivity contribution in [3.8, 4) is 5.75 Å². The van der Waals surface area contributed by atoms with Crippen LogP contribution in [0, 0.1) is 6.92 Å². The number of hydrogen-bond acceptors (Lipinski definition) is 5. The van der Waals surface area contributed by atoms with Gasteiger partial charge in [0, 0.05) is 31.5 Å². The maximum atomic E-state index is 10.9. The largest absolute Gasteiger partial charge is 0.490 e. The summed E-state index contributed by atoms with van der Waals surface area (Å²) in [7, 11) is 0. The average Bonchev–Trinajstić information content (AvgIpc) is 2.95. The van der Waals surface area contributed by atoms with E-state index in [0.717, 1.165) is 23.6 Å². The van der Waals surface area contributed by atoms with Crippen LogP contribution >= 0.6 is 0 Å². The lowest BCUT2D eigenvalue weighted by Gasteiger charge is -2.30. The zero-order valence-electron chi connectivity index (χ0n) is 13.4. The Bertz CT molecular complexity index is 617. The lowest BCUT2D eigenvalue weighted by Crippen LogP contribution is -2.48. The molecule has 1 fully saturated rings. The molecule has 0 bridgehead atoms. The van der Waals surface area contributed by atoms with E-state index < -0.39 is 5.60 Å². The van der Waals surface area contributed by atoms with Gasteiger partial charge in [-0.2, -0.15) is 5.10 Å². The number of H-pyrrole nitrogens is 1. The monoisotopic (exact) mass is 317 g/mol. The van der Waals surface area contributed by atoms with Crippen LogP contribution in [0.3, 0.4) is 0 Å². The summed E-state index contributed by atoms with van der Waals surface area (Å²) in [6, 6.07) is 9.76. The third kappa shape index (κ3) is 4.54. The summed E-state index contributed by atoms with van der Waals surface area (Å²) in [4.78, 5) is 2.15. The van der Waals surface area contributed by atoms with Crippen molar-refractivity contribution in [2.45, 2.75) is 19.1 Å². The maximum absolute atomic E-state index is 10.9. The first-order chi connectivity index (χ1) is 11.1. The summed E-state index contributed by atoms with van der Waals surface area (Å²) >= 11 is 0. The van der Waals surface area contributed by atoms with Gasteiger partial charge in [0.1, 0.15) is 18.0 Å². The SMILES string of the molecule is Cc1cccc(OC[C@@]2(O)COCCN(Cc3ccn[nH]3)C2)c1. The first-order valence-corrected chi connectivity index (χ1v) is 7.83. The predicted octanol–water partition coefficient (Wildman–Crippen LogP) is 1.36. The molecular weight excluding hydrogens is 294 g/mol. The Labute approximate surface area is 136 Å². The minimum atomic E-state index is -1.03. The fourth-order valence-corrected chi connectivity index (χ4v) is 2.76. The zero-order valence-corrected chi connectivity index (χ0v) is 13.4. The number of nitrogens with one attached hydrogen (secondary N) is 1. The van der Waals surface area contributed by atoms with Gasteiger partial charge in [-0.05, 0) is 30.7 Å². The average molecular weight is 317 g/mol. The number of aryl methyl sites for hydroxylation is 1. The van der Waals surface area contributed by atoms with E-state index in [1.807, 2.05) is 37.3 Å². The Morgan fingerprint density at radius 2 is 2.35 bits per heavy atom. The van der Waals surface area contributed by atoms with Gasteiger partial charge < -0.3 is 14.6 Å². The number of hydrogen-bond donors (Lipinski definition) is 2. The lowest BCUT2D eigenvalue weighted by atomic mass is 10.1. The number of rotatable bonds is 5. The van der Waals surface area contributed by atoms with Gasteiger partial charge in [-0.3, -0.25) is 10.00 Å². The van der Waals surface area contributed by atoms with Crippen molar-refractivity contribution >= 4 is 0 Å². The Morgan fingerprint density at radius 3 is 3.13 bits per heavy atom. The highest BCUT2D eigenvalue weighted by Crippen LogP contribution is 2.18. The summed E-state index contributed by atoms with van der Waals surface area (Å²) < 4.78 is 11.4. The van der Waals surface area contributed by atoms with Gasteiger partial charge >= 0.3 is 0 Å². The Hall–Kier alpha value is -1.89. The number of nitrogens with zero attached hydrogens (tertiary/aromatic N) is 2. The molecule has 1 aliphatic heterocycles. The van der Waals surface area contributed by atoms with Crippen LogP contribution in [0.1, 0.15) is 11.3 Å². The molecule has 1 atom stereocenters. The topological polar surface area (TPSA) is 70.6 Å². The molecule has 6 nitrogen and oxygen atoms in total. The van der Waals surface area contributed by atoms with Crippen molar-refractivity contribution in [2.75, 3.05) is 32.9 Å². The highest BCUT2D eigenvalue weighted by molar-refractivity contribution is 5.27. The molecule has 1 aromatic carbocycles. The molecule has 2 N–H and O–H groups in total. The lowest BCUT2D eigenvalue weighted by molar-refractivity contribution is -0.0647. The summed E-state index contributed by atoms with van der Waals surface area (Å²) in [5, 5.41) is 17.8. The van der Waals surface area contributed by atoms with Gasteiger partial charge in [-0.25, -0.2) is 0 Å². The van der Waals surface area contributed by atoms with Gasteiger partial charge in [0.05, 0.1) is 13.2 Å². The van der Waals surface area contributed by atoms with Gasteiger partial charge in [-0.15, -0.1) is 0 Å². The van der Waals surface area contributed by atoms with Crippen molar-refractivity contribution in [2.24, 2.45) is 0 Å². The number of aromatic nitrogens is 2. The van der Waals surface area contributed by atoms with E-state index in [2.05, 4.69) is 15.1 Å². The molecule has 0 aliphatic carbocycles. The molecule has 0 amide bonds. The van der Waals surface area contributed by atoms with E-state index in [9.17, 15) is 5.11 Å². The van der Waals surface area contributed by atoms with Crippen LogP contribution < -0.4 is 4.74 Å². The summed E-state index contributed by atoms with van der Waals surface area (Å²) in [6.45, 7) is 5.07. The molecular formula is C17H23N3O3. The minimum Gasteiger partial charge on any atom is -0.490 e. The molecule has 2 heterocycles. The van der Waals surface area contributed by atoms with Crippen molar-refractivity contribution in [1.29, 1.82) is 0 Å². The Balaban J connectivity index is 1.61. The first kappa shape index (κ1) is 16.0. The molecule has 6 heteroatoms. The molecule has 124 valence electrons. The number of benzene rings is 1. The second-order valence-corrected chi connectivity index (χ2v) is 6.17. The van der Waals surface area contributed by atoms with E-state index >= 15 is 0 Å². The van der Waals surface area contributed by atoms with Crippen LogP contribution in [-0.4, -0.2) is 58.7 Å². The van der Waals surface area contributed by atoms with Crippen molar-refractivity contribution in [3.63, 3.8) is 0 Å². The highest BCUT2D eigenvalue weighted by atomic mass is 16.5. The van der Waals surface area contributed by atoms with E-state index in [1.165, 1.54) is 0 Å². The van der Waals surface area contributed by atoms with Crippen molar-refractivity contribution in [1.82, 2.24) is 15.1 Å². The van der Waals surface area contributed by atoms with Gasteiger partial charge in [-0.1, -0.05) is 12.1 Å². The molecule has 2 aromatic rings. The normalized spacial score (nSPS) is 22.7. The van der Waals surface area contributed by atoms with E-state index in [4.69, 9.17) is 9.47 Å². The van der Waals surface area contributed by atoms with Crippen LogP contribution in [0.25, 0.3) is 0 Å². The maximum Gasteiger partial charge on any atom is 0.134 e. The summed E-state index contributed by atoms with van der Waals surface area (Å²) in [6.07, 6.45) is 1.73. The minimum absolute atomic E-state index is 0.204. The number of ether oxygens (including phenoxy) is 2. The summed E-state index contributed by atoms with van der Waals surface area (Å²) in [5.41, 5.74) is 1.13. The third-order valence-corrected chi connectivity index (χ3v) is 3.89. The van der Waals surface area contributed by atoms with Crippen LogP contribution in [0.4, 0.5) is 0 Å². The van der Waals surface area contributed by atoms with E-state index in [0.29, 0.717) is 19.7 Å². The molecule has 0 unspecified atom stereocenters. The van der Waals surface area contributed by atoms with Crippen LogP contribution in [0.2, 0.25) is 0 Å². The molecule has 3 rings (SSSR count). The summed E-state index contributed by atoms with van der Waals surface area (Å²) in [5.74, 6) is 0.766. The van der Waals surface area contributed by atoms with Crippen molar-refractivity contribution in [3.05, 3.63) is 47.8 Å². The van der Waals surface area contributed by atoms with Crippen LogP contribution in [-0.2, 0) is 11.3 Å². The zero-order chi connectivity index (χ0) is 16.1. The van der Waals surface area contributed by atoms with E-state index in [1.54, 1.807) is 6.20 Å². The number of aromatic amines is 1. The fraction of sp³-hybridized carbons (Fsp3) is 0.471. The standard InChI is InChI=1S/C17H23N3O3/c1-14-3-2-4-16(9-14)23-13-17(21)11-20(7-8-22-12-17)10-15-5-6-18-19-15/h2-6,9,21H,7-8,10-13H2,1H3,(H,18,19)/t17-/m0/s1. The Kier molecular flexibility index (Phi) is 4.95. The van der Waals surface area contributed by atoms with Gasteiger partial charge in [0.25, 0.3) is 0 Å². The molecule has 0 saturated carbocycles. The van der Waals surface area contributed by atoms with Crippen LogP contribution in [0.15, 0.2) is 36.5 Å². The number of aliphatic hydroxyl groups is 1. The fourth-order valence-electron chi connectivity index (χ4n) is 2.76. The second-order valence-electron chi connectivity index (χ2n) is 6.17. The molecule has 0 spiro atoms. The van der Waals surface area contributed by atoms with Gasteiger partial charge in [0.2, 0.25) is 0 Å². The van der Waals surface area contributed by atoms with E-state index in [-0.39, 0.29) is 13.2 Å².